The third kappa shape index (κ3) is 2.92. The molecule has 1 amide bonds. The number of carbonyl (C=O) groups excluding carboxylic acids is 1. The van der Waals surface area contributed by atoms with Crippen LogP contribution < -0.4 is 5.73 Å². The molecule has 1 fully saturated rings. The highest BCUT2D eigenvalue weighted by Gasteiger charge is 2.36. The van der Waals surface area contributed by atoms with Gasteiger partial charge in [-0.3, -0.25) is 4.79 Å². The summed E-state index contributed by atoms with van der Waals surface area (Å²) in [6, 6.07) is -0.107. The second-order valence-corrected chi connectivity index (χ2v) is 7.18. The fourth-order valence-electron chi connectivity index (χ4n) is 1.79. The van der Waals surface area contributed by atoms with Crippen molar-refractivity contribution in [1.29, 1.82) is 0 Å². The summed E-state index contributed by atoms with van der Waals surface area (Å²) in [5, 5.41) is 0.505. The Morgan fingerprint density at radius 1 is 1.44 bits per heavy atom. The monoisotopic (exact) mass is 244 g/mol. The minimum Gasteiger partial charge on any atom is -0.337 e. The van der Waals surface area contributed by atoms with E-state index in [1.54, 1.807) is 0 Å². The summed E-state index contributed by atoms with van der Waals surface area (Å²) in [4.78, 5) is 14.2. The maximum absolute atomic E-state index is 12.3. The Bertz CT molecular complexity index is 262. The molecule has 3 nitrogen and oxygen atoms in total. The molecule has 2 N–H and O–H groups in total. The summed E-state index contributed by atoms with van der Waals surface area (Å²) in [5.41, 5.74) is 5.87. The van der Waals surface area contributed by atoms with Gasteiger partial charge >= 0.3 is 0 Å². The first-order valence-corrected chi connectivity index (χ1v) is 6.97. The molecule has 0 bridgehead atoms. The molecule has 0 aromatic rings. The van der Waals surface area contributed by atoms with Crippen molar-refractivity contribution in [3.63, 3.8) is 0 Å². The fourth-order valence-corrected chi connectivity index (χ4v) is 2.89. The highest BCUT2D eigenvalue weighted by Crippen LogP contribution is 2.27. The van der Waals surface area contributed by atoms with Gasteiger partial charge in [0, 0.05) is 23.6 Å². The molecule has 4 heteroatoms. The van der Waals surface area contributed by atoms with Gasteiger partial charge in [-0.15, -0.1) is 0 Å². The maximum Gasteiger partial charge on any atom is 0.240 e. The third-order valence-electron chi connectivity index (χ3n) is 3.37. The molecule has 94 valence electrons. The Balaban J connectivity index is 2.73. The molecular formula is C12H24N2OS. The van der Waals surface area contributed by atoms with Crippen molar-refractivity contribution in [1.82, 2.24) is 4.90 Å². The van der Waals surface area contributed by atoms with Crippen LogP contribution in [0.5, 0.6) is 0 Å². The standard InChI is InChI=1S/C12H24N2OS/c1-8-9(2)16-7-6-14(8)11(15)10(13)12(3,4)5/h8-10H,6-7,13H2,1-5H3/t8?,9?,10-/m0/s1. The van der Waals surface area contributed by atoms with E-state index in [0.717, 1.165) is 12.3 Å². The van der Waals surface area contributed by atoms with Crippen LogP contribution in [-0.4, -0.2) is 40.4 Å². The average Bonchev–Trinajstić information content (AvgIpc) is 2.18. The number of amides is 1. The van der Waals surface area contributed by atoms with Crippen LogP contribution in [0, 0.1) is 5.41 Å². The van der Waals surface area contributed by atoms with E-state index in [4.69, 9.17) is 5.73 Å². The Labute approximate surface area is 103 Å². The van der Waals surface area contributed by atoms with Crippen LogP contribution in [0.25, 0.3) is 0 Å². The van der Waals surface area contributed by atoms with Crippen LogP contribution in [0.15, 0.2) is 0 Å². The average molecular weight is 244 g/mol. The van der Waals surface area contributed by atoms with Gasteiger partial charge in [0.25, 0.3) is 0 Å². The van der Waals surface area contributed by atoms with Crippen LogP contribution in [0.1, 0.15) is 34.6 Å². The number of nitrogens with two attached hydrogens (primary N) is 1. The van der Waals surface area contributed by atoms with Crippen LogP contribution in [0.3, 0.4) is 0 Å². The molecule has 0 spiro atoms. The van der Waals surface area contributed by atoms with E-state index in [-0.39, 0.29) is 11.3 Å². The molecule has 0 radical (unpaired) electrons. The van der Waals surface area contributed by atoms with Gasteiger partial charge in [-0.1, -0.05) is 27.7 Å². The SMILES string of the molecule is CC1SCCN(C(=O)[C@H](N)C(C)(C)C)C1C. The van der Waals surface area contributed by atoms with E-state index < -0.39 is 6.04 Å². The van der Waals surface area contributed by atoms with Crippen molar-refractivity contribution >= 4 is 17.7 Å². The minimum atomic E-state index is -0.398. The predicted octanol–water partition coefficient (Wildman–Crippen LogP) is 1.71. The molecule has 1 heterocycles. The Hall–Kier alpha value is -0.220. The Kier molecular flexibility index (Phi) is 4.29. The summed E-state index contributed by atoms with van der Waals surface area (Å²) in [5.74, 6) is 1.13. The summed E-state index contributed by atoms with van der Waals surface area (Å²) >= 11 is 1.93. The third-order valence-corrected chi connectivity index (χ3v) is 4.70. The Morgan fingerprint density at radius 2 is 2.00 bits per heavy atom. The molecule has 0 saturated carbocycles. The summed E-state index contributed by atoms with van der Waals surface area (Å²) in [7, 11) is 0. The normalized spacial score (nSPS) is 29.0. The minimum absolute atomic E-state index is 0.104. The predicted molar refractivity (Wildman–Crippen MR) is 70.5 cm³/mol. The number of hydrogen-bond acceptors (Lipinski definition) is 3. The number of nitrogens with zero attached hydrogens (tertiary/aromatic N) is 1. The molecule has 1 aliphatic rings. The topological polar surface area (TPSA) is 46.3 Å². The van der Waals surface area contributed by atoms with Crippen molar-refractivity contribution in [2.75, 3.05) is 12.3 Å². The molecule has 1 saturated heterocycles. The van der Waals surface area contributed by atoms with Gasteiger partial charge in [-0.05, 0) is 12.3 Å². The van der Waals surface area contributed by atoms with Gasteiger partial charge in [-0.2, -0.15) is 11.8 Å². The smallest absolute Gasteiger partial charge is 0.240 e. The lowest BCUT2D eigenvalue weighted by Gasteiger charge is -2.40. The fraction of sp³-hybridized carbons (Fsp3) is 0.917. The van der Waals surface area contributed by atoms with E-state index in [2.05, 4.69) is 13.8 Å². The van der Waals surface area contributed by atoms with E-state index in [9.17, 15) is 4.79 Å². The number of rotatable bonds is 1. The Morgan fingerprint density at radius 3 is 2.50 bits per heavy atom. The molecule has 1 aliphatic heterocycles. The highest BCUT2D eigenvalue weighted by molar-refractivity contribution is 8.00. The van der Waals surface area contributed by atoms with Crippen LogP contribution in [0.2, 0.25) is 0 Å². The lowest BCUT2D eigenvalue weighted by atomic mass is 9.86. The quantitative estimate of drug-likeness (QED) is 0.764. The van der Waals surface area contributed by atoms with Crippen LogP contribution in [-0.2, 0) is 4.79 Å². The van der Waals surface area contributed by atoms with Gasteiger partial charge in [0.1, 0.15) is 0 Å². The largest absolute Gasteiger partial charge is 0.337 e. The summed E-state index contributed by atoms with van der Waals surface area (Å²) < 4.78 is 0. The van der Waals surface area contributed by atoms with E-state index >= 15 is 0 Å². The lowest BCUT2D eigenvalue weighted by Crippen LogP contribution is -2.56. The highest BCUT2D eigenvalue weighted by atomic mass is 32.2. The molecule has 2 unspecified atom stereocenters. The molecule has 0 aliphatic carbocycles. The van der Waals surface area contributed by atoms with E-state index in [1.807, 2.05) is 37.4 Å². The molecule has 1 rings (SSSR count). The summed E-state index contributed by atoms with van der Waals surface area (Å²) in [6.07, 6.45) is 0. The van der Waals surface area contributed by atoms with Gasteiger partial charge in [0.2, 0.25) is 5.91 Å². The molecular weight excluding hydrogens is 220 g/mol. The lowest BCUT2D eigenvalue weighted by molar-refractivity contribution is -0.136. The zero-order valence-electron chi connectivity index (χ0n) is 11.0. The second-order valence-electron chi connectivity index (χ2n) is 5.69. The van der Waals surface area contributed by atoms with E-state index in [1.165, 1.54) is 0 Å². The van der Waals surface area contributed by atoms with Gasteiger partial charge in [0.15, 0.2) is 0 Å². The van der Waals surface area contributed by atoms with Crippen molar-refractivity contribution in [2.24, 2.45) is 11.1 Å². The maximum atomic E-state index is 12.3. The molecule has 0 aromatic heterocycles. The second kappa shape index (κ2) is 4.96. The van der Waals surface area contributed by atoms with Gasteiger partial charge in [-0.25, -0.2) is 0 Å². The zero-order chi connectivity index (χ0) is 12.5. The van der Waals surface area contributed by atoms with Crippen molar-refractivity contribution in [3.05, 3.63) is 0 Å². The first-order chi connectivity index (χ1) is 7.25. The number of hydrogen-bond donors (Lipinski definition) is 1. The van der Waals surface area contributed by atoms with Gasteiger partial charge in [0.05, 0.1) is 6.04 Å². The molecule has 0 aromatic carbocycles. The van der Waals surface area contributed by atoms with Crippen LogP contribution >= 0.6 is 11.8 Å². The zero-order valence-corrected chi connectivity index (χ0v) is 11.8. The van der Waals surface area contributed by atoms with Crippen molar-refractivity contribution in [3.8, 4) is 0 Å². The van der Waals surface area contributed by atoms with E-state index in [0.29, 0.717) is 11.3 Å². The van der Waals surface area contributed by atoms with Crippen molar-refractivity contribution < 1.29 is 4.79 Å². The molecule has 16 heavy (non-hydrogen) atoms. The molecule has 3 atom stereocenters. The first-order valence-electron chi connectivity index (χ1n) is 5.93. The van der Waals surface area contributed by atoms with Gasteiger partial charge < -0.3 is 10.6 Å². The van der Waals surface area contributed by atoms with Crippen LogP contribution in [0.4, 0.5) is 0 Å². The number of carbonyl (C=O) groups is 1. The number of thioether (sulfide) groups is 1. The van der Waals surface area contributed by atoms with Crippen molar-refractivity contribution in [2.45, 2.75) is 52.0 Å². The first kappa shape index (κ1) is 13.8. The summed E-state index contributed by atoms with van der Waals surface area (Å²) in [6.45, 7) is 11.2.